The third-order valence-corrected chi connectivity index (χ3v) is 14.1. The van der Waals surface area contributed by atoms with Crippen molar-refractivity contribution in [2.45, 2.75) is 18.9 Å². The molecule has 1 aromatic heterocycles. The molecule has 0 spiro atoms. The Morgan fingerprint density at radius 1 is 0.412 bits per heavy atom. The maximum absolute atomic E-state index is 2.56. The molecular formula is C65H47N3. The van der Waals surface area contributed by atoms with Crippen molar-refractivity contribution >= 4 is 93.2 Å². The summed E-state index contributed by atoms with van der Waals surface area (Å²) in [5.74, 6) is 0. The molecule has 322 valence electrons. The van der Waals surface area contributed by atoms with Crippen LogP contribution in [0.5, 0.6) is 0 Å². The largest absolute Gasteiger partial charge is 0.332 e. The fourth-order valence-electron chi connectivity index (χ4n) is 11.2. The number of rotatable bonds is 8. The van der Waals surface area contributed by atoms with Gasteiger partial charge in [0.05, 0.1) is 16.6 Å². The second kappa shape index (κ2) is 16.0. The van der Waals surface area contributed by atoms with E-state index in [1.54, 1.807) is 0 Å². The number of allylic oxidation sites excluding steroid dienone is 2. The Bertz CT molecular complexity index is 3960. The van der Waals surface area contributed by atoms with Gasteiger partial charge in [-0.15, -0.1) is 0 Å². The monoisotopic (exact) mass is 869 g/mol. The van der Waals surface area contributed by atoms with Crippen molar-refractivity contribution in [2.24, 2.45) is 0 Å². The molecule has 13 rings (SSSR count). The summed E-state index contributed by atoms with van der Waals surface area (Å²) in [6, 6.07) is 88.9. The molecule has 0 aliphatic heterocycles. The molecule has 1 aliphatic carbocycles. The molecule has 0 saturated heterocycles. The standard InChI is InChI=1S/C65H47N3/c1-65(68(53-27-9-4-10-28-53)55-37-34-46-20-12-14-22-48(46)40-55)43-50(41-56(44-65)66(51-23-5-2-6-24-51)54-36-33-45-19-11-13-21-47(45)39-54)49-35-38-61-62(42-49)67(52-25-7-3-8-26-52)64-60-32-18-16-30-58(60)57-29-15-17-31-59(57)63(61)64/h2-43H,44H2,1H3. The van der Waals surface area contributed by atoms with Crippen molar-refractivity contribution in [1.29, 1.82) is 0 Å². The Morgan fingerprint density at radius 3 is 1.62 bits per heavy atom. The van der Waals surface area contributed by atoms with E-state index >= 15 is 0 Å². The minimum absolute atomic E-state index is 0.541. The van der Waals surface area contributed by atoms with Crippen LogP contribution in [-0.4, -0.2) is 10.1 Å². The van der Waals surface area contributed by atoms with E-state index in [1.807, 2.05) is 0 Å². The predicted molar refractivity (Wildman–Crippen MR) is 290 cm³/mol. The SMILES string of the molecule is CC1(N(c2ccccc2)c2ccc3ccccc3c2)C=C(c2ccc3c4c5ccccc5c5ccccc5c4n(-c4ccccc4)c3c2)C=C(N(c2ccccc2)c2ccc3ccccc3c2)C1. The van der Waals surface area contributed by atoms with Gasteiger partial charge in [-0.2, -0.15) is 0 Å². The Labute approximate surface area is 396 Å². The zero-order chi connectivity index (χ0) is 45.2. The lowest BCUT2D eigenvalue weighted by Gasteiger charge is -2.46. The molecule has 1 unspecified atom stereocenters. The first kappa shape index (κ1) is 39.7. The number of hydrogen-bond acceptors (Lipinski definition) is 2. The van der Waals surface area contributed by atoms with Gasteiger partial charge in [0, 0.05) is 56.7 Å². The molecule has 3 nitrogen and oxygen atoms in total. The molecular weight excluding hydrogens is 823 g/mol. The van der Waals surface area contributed by atoms with Gasteiger partial charge in [0.1, 0.15) is 0 Å². The smallest absolute Gasteiger partial charge is 0.0669 e. The lowest BCUT2D eigenvalue weighted by molar-refractivity contribution is 0.552. The maximum Gasteiger partial charge on any atom is 0.0669 e. The molecule has 68 heavy (non-hydrogen) atoms. The fourth-order valence-corrected chi connectivity index (χ4v) is 11.2. The summed E-state index contributed by atoms with van der Waals surface area (Å²) in [5, 5.41) is 12.4. The molecule has 0 N–H and O–H groups in total. The van der Waals surface area contributed by atoms with Crippen LogP contribution in [0.2, 0.25) is 0 Å². The summed E-state index contributed by atoms with van der Waals surface area (Å²) < 4.78 is 2.51. The van der Waals surface area contributed by atoms with E-state index in [9.17, 15) is 0 Å². The highest BCUT2D eigenvalue weighted by molar-refractivity contribution is 6.32. The van der Waals surface area contributed by atoms with Crippen LogP contribution < -0.4 is 9.80 Å². The molecule has 0 saturated carbocycles. The van der Waals surface area contributed by atoms with Gasteiger partial charge in [-0.25, -0.2) is 0 Å². The van der Waals surface area contributed by atoms with Crippen molar-refractivity contribution < 1.29 is 0 Å². The average Bonchev–Trinajstić information content (AvgIpc) is 3.75. The Balaban J connectivity index is 1.10. The van der Waals surface area contributed by atoms with Gasteiger partial charge in [0.2, 0.25) is 0 Å². The van der Waals surface area contributed by atoms with Gasteiger partial charge in [-0.1, -0.05) is 182 Å². The third kappa shape index (κ3) is 6.58. The van der Waals surface area contributed by atoms with Crippen LogP contribution in [-0.2, 0) is 0 Å². The van der Waals surface area contributed by atoms with Crippen LogP contribution in [0.25, 0.3) is 76.2 Å². The van der Waals surface area contributed by atoms with Crippen LogP contribution in [0.1, 0.15) is 18.9 Å². The van der Waals surface area contributed by atoms with Gasteiger partial charge < -0.3 is 14.4 Å². The average molecular weight is 870 g/mol. The summed E-state index contributed by atoms with van der Waals surface area (Å²) in [6.07, 6.45) is 5.71. The minimum Gasteiger partial charge on any atom is -0.332 e. The zero-order valence-electron chi connectivity index (χ0n) is 37.8. The van der Waals surface area contributed by atoms with Gasteiger partial charge in [0.15, 0.2) is 0 Å². The minimum atomic E-state index is -0.541. The molecule has 12 aromatic rings. The highest BCUT2D eigenvalue weighted by atomic mass is 15.2. The van der Waals surface area contributed by atoms with Gasteiger partial charge in [-0.3, -0.25) is 0 Å². The van der Waals surface area contributed by atoms with E-state index in [2.05, 4.69) is 276 Å². The molecule has 0 bridgehead atoms. The first-order chi connectivity index (χ1) is 33.6. The molecule has 0 fully saturated rings. The quantitative estimate of drug-likeness (QED) is 0.141. The molecule has 1 aliphatic rings. The Hall–Kier alpha value is -8.66. The third-order valence-electron chi connectivity index (χ3n) is 14.1. The van der Waals surface area contributed by atoms with Crippen LogP contribution in [0.3, 0.4) is 0 Å². The van der Waals surface area contributed by atoms with Crippen LogP contribution in [0, 0.1) is 0 Å². The fraction of sp³-hybridized carbons (Fsp3) is 0.0462. The first-order valence-corrected chi connectivity index (χ1v) is 23.6. The number of nitrogens with zero attached hydrogens (tertiary/aromatic N) is 3. The highest BCUT2D eigenvalue weighted by Crippen LogP contribution is 2.48. The van der Waals surface area contributed by atoms with E-state index in [4.69, 9.17) is 0 Å². The van der Waals surface area contributed by atoms with Crippen molar-refractivity contribution in [3.05, 3.63) is 266 Å². The number of benzene rings is 11. The summed E-state index contributed by atoms with van der Waals surface area (Å²) in [5.41, 5.74) is 11.1. The molecule has 3 heteroatoms. The van der Waals surface area contributed by atoms with Crippen LogP contribution in [0.15, 0.2) is 261 Å². The topological polar surface area (TPSA) is 11.4 Å². The number of fused-ring (bicyclic) bond motifs is 10. The van der Waals surface area contributed by atoms with E-state index in [-0.39, 0.29) is 0 Å². The number of hydrogen-bond donors (Lipinski definition) is 0. The van der Waals surface area contributed by atoms with Crippen molar-refractivity contribution in [3.63, 3.8) is 0 Å². The normalized spacial score (nSPS) is 15.0. The lowest BCUT2D eigenvalue weighted by Crippen LogP contribution is -2.45. The van der Waals surface area contributed by atoms with Crippen LogP contribution in [0.4, 0.5) is 22.7 Å². The second-order valence-electron chi connectivity index (χ2n) is 18.4. The summed E-state index contributed by atoms with van der Waals surface area (Å²) in [6.45, 7) is 2.42. The molecule has 0 radical (unpaired) electrons. The van der Waals surface area contributed by atoms with E-state index in [1.165, 1.54) is 76.2 Å². The predicted octanol–water partition coefficient (Wildman–Crippen LogP) is 17.5. The van der Waals surface area contributed by atoms with Gasteiger partial charge in [-0.05, 0) is 129 Å². The first-order valence-electron chi connectivity index (χ1n) is 23.6. The van der Waals surface area contributed by atoms with Gasteiger partial charge in [0.25, 0.3) is 0 Å². The molecule has 1 heterocycles. The van der Waals surface area contributed by atoms with E-state index in [0.29, 0.717) is 0 Å². The van der Waals surface area contributed by atoms with E-state index in [0.717, 1.165) is 40.4 Å². The number of anilines is 4. The second-order valence-corrected chi connectivity index (χ2v) is 18.4. The number of para-hydroxylation sites is 3. The molecule has 0 amide bonds. The van der Waals surface area contributed by atoms with Gasteiger partial charge >= 0.3 is 0 Å². The Kier molecular flexibility index (Phi) is 9.36. The highest BCUT2D eigenvalue weighted by Gasteiger charge is 2.38. The Morgan fingerprint density at radius 2 is 0.941 bits per heavy atom. The van der Waals surface area contributed by atoms with E-state index < -0.39 is 5.54 Å². The van der Waals surface area contributed by atoms with Crippen LogP contribution >= 0.6 is 0 Å². The maximum atomic E-state index is 2.56. The molecule has 11 aromatic carbocycles. The molecule has 1 atom stereocenters. The van der Waals surface area contributed by atoms with Crippen molar-refractivity contribution in [2.75, 3.05) is 9.80 Å². The summed E-state index contributed by atoms with van der Waals surface area (Å²) in [7, 11) is 0. The number of aromatic nitrogens is 1. The van der Waals surface area contributed by atoms with Crippen molar-refractivity contribution in [1.82, 2.24) is 4.57 Å². The lowest BCUT2D eigenvalue weighted by atomic mass is 9.82. The summed E-state index contributed by atoms with van der Waals surface area (Å²) in [4.78, 5) is 5.05. The zero-order valence-corrected chi connectivity index (χ0v) is 37.8. The summed E-state index contributed by atoms with van der Waals surface area (Å²) >= 11 is 0. The van der Waals surface area contributed by atoms with Crippen molar-refractivity contribution in [3.8, 4) is 5.69 Å².